The highest BCUT2D eigenvalue weighted by Gasteiger charge is 2.31. The highest BCUT2D eigenvalue weighted by atomic mass is 32.2. The average molecular weight is 451 g/mol. The van der Waals surface area contributed by atoms with Gasteiger partial charge in [-0.15, -0.1) is 0 Å². The third kappa shape index (κ3) is 5.36. The predicted molar refractivity (Wildman–Crippen MR) is 123 cm³/mol. The van der Waals surface area contributed by atoms with Gasteiger partial charge in [-0.25, -0.2) is 8.42 Å². The predicted octanol–water partition coefficient (Wildman–Crippen LogP) is 4.20. The minimum Gasteiger partial charge on any atom is -0.457 e. The maximum absolute atomic E-state index is 12.8. The summed E-state index contributed by atoms with van der Waals surface area (Å²) in [6, 6.07) is 25.6. The fourth-order valence-electron chi connectivity index (χ4n) is 3.78. The molecule has 1 heterocycles. The normalized spacial score (nSPS) is 15.2. The fourth-order valence-corrected chi connectivity index (χ4v) is 5.27. The van der Waals surface area contributed by atoms with E-state index in [1.54, 1.807) is 30.3 Å². The standard InChI is InChI=1S/C25H26N2O4S/c28-25(21-14-16-27(17-15-21)32(29,30)24-12-5-2-6-13-24)26-19-20-8-7-11-23(18-20)31-22-9-3-1-4-10-22/h1-13,18,21H,14-17,19H2,(H,26,28). The van der Waals surface area contributed by atoms with Crippen LogP contribution in [0.2, 0.25) is 0 Å². The Balaban J connectivity index is 1.29. The van der Waals surface area contributed by atoms with Crippen molar-refractivity contribution in [3.05, 3.63) is 90.5 Å². The first kappa shape index (κ1) is 22.0. The number of sulfonamides is 1. The molecule has 4 rings (SSSR count). The second-order valence-corrected chi connectivity index (χ2v) is 9.71. The number of piperidine rings is 1. The number of para-hydroxylation sites is 1. The summed E-state index contributed by atoms with van der Waals surface area (Å²) in [6.45, 7) is 1.08. The lowest BCUT2D eigenvalue weighted by atomic mass is 9.97. The third-order valence-electron chi connectivity index (χ3n) is 5.55. The number of ether oxygens (including phenoxy) is 1. The van der Waals surface area contributed by atoms with Crippen LogP contribution in [-0.2, 0) is 21.4 Å². The molecule has 1 aliphatic heterocycles. The van der Waals surface area contributed by atoms with Crippen molar-refractivity contribution in [1.82, 2.24) is 9.62 Å². The summed E-state index contributed by atoms with van der Waals surface area (Å²) in [4.78, 5) is 13.0. The van der Waals surface area contributed by atoms with Gasteiger partial charge in [0.15, 0.2) is 0 Å². The number of rotatable bonds is 7. The zero-order valence-electron chi connectivity index (χ0n) is 17.7. The largest absolute Gasteiger partial charge is 0.457 e. The van der Waals surface area contributed by atoms with Crippen LogP contribution in [0.5, 0.6) is 11.5 Å². The molecule has 3 aromatic rings. The summed E-state index contributed by atoms with van der Waals surface area (Å²) in [5.74, 6) is 1.23. The Labute approximate surface area is 188 Å². The molecule has 0 unspecified atom stereocenters. The van der Waals surface area contributed by atoms with Gasteiger partial charge in [0.25, 0.3) is 0 Å². The second kappa shape index (κ2) is 9.97. The van der Waals surface area contributed by atoms with E-state index < -0.39 is 10.0 Å². The van der Waals surface area contributed by atoms with Gasteiger partial charge in [0.05, 0.1) is 4.90 Å². The molecule has 0 atom stereocenters. The van der Waals surface area contributed by atoms with Crippen molar-refractivity contribution in [1.29, 1.82) is 0 Å². The first-order valence-electron chi connectivity index (χ1n) is 10.7. The summed E-state index contributed by atoms with van der Waals surface area (Å²) in [7, 11) is -3.51. The Morgan fingerprint density at radius 2 is 1.50 bits per heavy atom. The molecule has 0 aromatic heterocycles. The molecular formula is C25H26N2O4S. The molecule has 1 N–H and O–H groups in total. The highest BCUT2D eigenvalue weighted by Crippen LogP contribution is 2.25. The third-order valence-corrected chi connectivity index (χ3v) is 7.46. The van der Waals surface area contributed by atoms with Crippen molar-refractivity contribution in [3.8, 4) is 11.5 Å². The van der Waals surface area contributed by atoms with Crippen molar-refractivity contribution in [2.75, 3.05) is 13.1 Å². The zero-order chi connectivity index (χ0) is 22.4. The number of carbonyl (C=O) groups excluding carboxylic acids is 1. The second-order valence-electron chi connectivity index (χ2n) is 7.77. The van der Waals surface area contributed by atoms with E-state index in [0.717, 1.165) is 11.3 Å². The van der Waals surface area contributed by atoms with Gasteiger partial charge in [-0.2, -0.15) is 4.31 Å². The quantitative estimate of drug-likeness (QED) is 0.586. The van der Waals surface area contributed by atoms with Crippen LogP contribution in [0.1, 0.15) is 18.4 Å². The van der Waals surface area contributed by atoms with Gasteiger partial charge in [0, 0.05) is 25.6 Å². The molecule has 1 amide bonds. The molecule has 0 saturated carbocycles. The Bertz CT molecular complexity index is 1140. The van der Waals surface area contributed by atoms with Gasteiger partial charge >= 0.3 is 0 Å². The molecule has 0 aliphatic carbocycles. The van der Waals surface area contributed by atoms with Gasteiger partial charge in [-0.1, -0.05) is 48.5 Å². The van der Waals surface area contributed by atoms with Crippen LogP contribution >= 0.6 is 0 Å². The molecule has 6 nitrogen and oxygen atoms in total. The topological polar surface area (TPSA) is 75.7 Å². The van der Waals surface area contributed by atoms with E-state index in [9.17, 15) is 13.2 Å². The number of amides is 1. The van der Waals surface area contributed by atoms with Crippen LogP contribution < -0.4 is 10.1 Å². The molecule has 0 spiro atoms. The summed E-state index contributed by atoms with van der Waals surface area (Å²) < 4.78 is 32.8. The molecule has 7 heteroatoms. The number of nitrogens with one attached hydrogen (secondary N) is 1. The minimum atomic E-state index is -3.51. The van der Waals surface area contributed by atoms with E-state index in [1.165, 1.54) is 4.31 Å². The maximum atomic E-state index is 12.8. The number of hydrogen-bond acceptors (Lipinski definition) is 4. The van der Waals surface area contributed by atoms with E-state index in [1.807, 2.05) is 54.6 Å². The lowest BCUT2D eigenvalue weighted by molar-refractivity contribution is -0.126. The van der Waals surface area contributed by atoms with E-state index in [4.69, 9.17) is 4.74 Å². The molecule has 1 fully saturated rings. The van der Waals surface area contributed by atoms with Crippen molar-refractivity contribution in [3.63, 3.8) is 0 Å². The number of nitrogens with zero attached hydrogens (tertiary/aromatic N) is 1. The van der Waals surface area contributed by atoms with Gasteiger partial charge in [-0.05, 0) is 54.8 Å². The lowest BCUT2D eigenvalue weighted by Gasteiger charge is -2.30. The molecule has 1 aliphatic rings. The average Bonchev–Trinajstić information content (AvgIpc) is 2.84. The first-order chi connectivity index (χ1) is 15.5. The molecular weight excluding hydrogens is 424 g/mol. The monoisotopic (exact) mass is 450 g/mol. The van der Waals surface area contributed by atoms with Crippen LogP contribution in [-0.4, -0.2) is 31.7 Å². The Kier molecular flexibility index (Phi) is 6.87. The molecule has 1 saturated heterocycles. The molecule has 0 radical (unpaired) electrons. The van der Waals surface area contributed by atoms with Crippen LogP contribution in [0.15, 0.2) is 89.8 Å². The van der Waals surface area contributed by atoms with Crippen molar-refractivity contribution < 1.29 is 17.9 Å². The fraction of sp³-hybridized carbons (Fsp3) is 0.240. The molecule has 0 bridgehead atoms. The van der Waals surface area contributed by atoms with Gasteiger partial charge in [0.2, 0.25) is 15.9 Å². The first-order valence-corrected chi connectivity index (χ1v) is 12.1. The van der Waals surface area contributed by atoms with E-state index in [2.05, 4.69) is 5.32 Å². The smallest absolute Gasteiger partial charge is 0.243 e. The molecule has 32 heavy (non-hydrogen) atoms. The summed E-state index contributed by atoms with van der Waals surface area (Å²) in [5.41, 5.74) is 0.941. The summed E-state index contributed by atoms with van der Waals surface area (Å²) in [6.07, 6.45) is 1.02. The summed E-state index contributed by atoms with van der Waals surface area (Å²) in [5, 5.41) is 2.98. The maximum Gasteiger partial charge on any atom is 0.243 e. The van der Waals surface area contributed by atoms with Crippen molar-refractivity contribution in [2.45, 2.75) is 24.3 Å². The SMILES string of the molecule is O=C(NCc1cccc(Oc2ccccc2)c1)C1CCN(S(=O)(=O)c2ccccc2)CC1. The number of hydrogen-bond donors (Lipinski definition) is 1. The van der Waals surface area contributed by atoms with Crippen LogP contribution in [0.4, 0.5) is 0 Å². The minimum absolute atomic E-state index is 0.0452. The summed E-state index contributed by atoms with van der Waals surface area (Å²) >= 11 is 0. The number of benzene rings is 3. The van der Waals surface area contributed by atoms with Crippen LogP contribution in [0, 0.1) is 5.92 Å². The van der Waals surface area contributed by atoms with E-state index in [0.29, 0.717) is 43.1 Å². The van der Waals surface area contributed by atoms with Crippen LogP contribution in [0.3, 0.4) is 0 Å². The molecule has 166 valence electrons. The van der Waals surface area contributed by atoms with Gasteiger partial charge < -0.3 is 10.1 Å². The van der Waals surface area contributed by atoms with E-state index in [-0.39, 0.29) is 11.8 Å². The lowest BCUT2D eigenvalue weighted by Crippen LogP contribution is -2.42. The Morgan fingerprint density at radius 3 is 2.19 bits per heavy atom. The van der Waals surface area contributed by atoms with Crippen molar-refractivity contribution >= 4 is 15.9 Å². The Morgan fingerprint density at radius 1 is 0.875 bits per heavy atom. The van der Waals surface area contributed by atoms with Crippen molar-refractivity contribution in [2.24, 2.45) is 5.92 Å². The molecule has 3 aromatic carbocycles. The van der Waals surface area contributed by atoms with Crippen LogP contribution in [0.25, 0.3) is 0 Å². The number of carbonyl (C=O) groups is 1. The van der Waals surface area contributed by atoms with E-state index >= 15 is 0 Å². The van der Waals surface area contributed by atoms with Gasteiger partial charge in [-0.3, -0.25) is 4.79 Å². The zero-order valence-corrected chi connectivity index (χ0v) is 18.5. The Hall–Kier alpha value is -3.16. The highest BCUT2D eigenvalue weighted by molar-refractivity contribution is 7.89. The van der Waals surface area contributed by atoms with Gasteiger partial charge in [0.1, 0.15) is 11.5 Å².